The molecule has 0 aliphatic carbocycles. The summed E-state index contributed by atoms with van der Waals surface area (Å²) in [6, 6.07) is 10.4. The average molecular weight is 394 g/mol. The lowest BCUT2D eigenvalue weighted by Gasteiger charge is -2.18. The molecule has 0 bridgehead atoms. The number of hydrogen-bond donors (Lipinski definition) is 0. The van der Waals surface area contributed by atoms with Crippen molar-refractivity contribution in [2.75, 3.05) is 13.3 Å². The van der Waals surface area contributed by atoms with E-state index in [0.717, 1.165) is 18.5 Å². The topological polar surface area (TPSA) is 55.2 Å². The lowest BCUT2D eigenvalue weighted by molar-refractivity contribution is 0.311. The minimum Gasteiger partial charge on any atom is -0.313 e. The molecule has 26 heavy (non-hydrogen) atoms. The molecule has 0 amide bonds. The van der Waals surface area contributed by atoms with Crippen LogP contribution < -0.4 is 0 Å². The third kappa shape index (κ3) is 4.38. The van der Waals surface area contributed by atoms with Gasteiger partial charge in [0.2, 0.25) is 15.0 Å². The van der Waals surface area contributed by atoms with Gasteiger partial charge in [-0.2, -0.15) is 0 Å². The number of sulfone groups is 1. The zero-order valence-corrected chi connectivity index (χ0v) is 16.2. The highest BCUT2D eigenvalue weighted by Crippen LogP contribution is 2.19. The minimum atomic E-state index is -3.52. The molecule has 0 unspecified atom stereocenters. The van der Waals surface area contributed by atoms with E-state index in [2.05, 4.69) is 16.0 Å². The fourth-order valence-electron chi connectivity index (χ4n) is 2.78. The largest absolute Gasteiger partial charge is 0.313 e. The summed E-state index contributed by atoms with van der Waals surface area (Å²) in [6.07, 6.45) is 2.68. The summed E-state index contributed by atoms with van der Waals surface area (Å²) in [5, 5.41) is 1.98. The van der Waals surface area contributed by atoms with Gasteiger partial charge in [0, 0.05) is 29.8 Å². The average Bonchev–Trinajstić information content (AvgIpc) is 3.19. The Kier molecular flexibility index (Phi) is 5.55. The lowest BCUT2D eigenvalue weighted by atomic mass is 10.2. The number of halogens is 1. The highest BCUT2D eigenvalue weighted by atomic mass is 32.2. The van der Waals surface area contributed by atoms with E-state index in [0.29, 0.717) is 12.1 Å². The van der Waals surface area contributed by atoms with Crippen molar-refractivity contribution in [1.29, 1.82) is 0 Å². The number of hydrogen-bond acceptors (Lipinski definition) is 5. The number of nitrogens with zero attached hydrogens (tertiary/aromatic N) is 3. The summed E-state index contributed by atoms with van der Waals surface area (Å²) >= 11 is 1.67. The van der Waals surface area contributed by atoms with E-state index in [1.807, 2.05) is 18.5 Å². The second-order valence-electron chi connectivity index (χ2n) is 6.23. The smallest absolute Gasteiger partial charge is 0.227 e. The maximum absolute atomic E-state index is 14.1. The summed E-state index contributed by atoms with van der Waals surface area (Å²) in [5.74, 6) is -0.362. The summed E-state index contributed by atoms with van der Waals surface area (Å²) in [6.45, 7) is 1.38. The lowest BCUT2D eigenvalue weighted by Crippen LogP contribution is -2.21. The maximum Gasteiger partial charge on any atom is 0.227 e. The number of rotatable bonds is 7. The Morgan fingerprint density at radius 3 is 2.62 bits per heavy atom. The van der Waals surface area contributed by atoms with Gasteiger partial charge in [-0.05, 0) is 24.6 Å². The number of benzene rings is 1. The fraction of sp³-hybridized carbons (Fsp3) is 0.278. The highest BCUT2D eigenvalue weighted by molar-refractivity contribution is 7.90. The molecular formula is C18H20FN3O2S2. The van der Waals surface area contributed by atoms with E-state index in [1.54, 1.807) is 40.3 Å². The molecule has 2 aromatic heterocycles. The van der Waals surface area contributed by atoms with Crippen molar-refractivity contribution in [3.63, 3.8) is 0 Å². The van der Waals surface area contributed by atoms with Crippen LogP contribution in [0.25, 0.3) is 0 Å². The fourth-order valence-corrected chi connectivity index (χ4v) is 4.39. The quantitative estimate of drug-likeness (QED) is 0.619. The van der Waals surface area contributed by atoms with Gasteiger partial charge in [-0.3, -0.25) is 4.90 Å². The second-order valence-corrected chi connectivity index (χ2v) is 9.18. The number of thiophene rings is 1. The molecule has 0 fully saturated rings. The van der Waals surface area contributed by atoms with Crippen molar-refractivity contribution in [3.8, 4) is 0 Å². The van der Waals surface area contributed by atoms with Gasteiger partial charge in [0.1, 0.15) is 5.82 Å². The summed E-state index contributed by atoms with van der Waals surface area (Å²) in [7, 11) is -1.56. The van der Waals surface area contributed by atoms with Crippen molar-refractivity contribution in [1.82, 2.24) is 14.5 Å². The van der Waals surface area contributed by atoms with Crippen LogP contribution in [0.15, 0.2) is 53.1 Å². The SMILES string of the molecule is CN(Cc1cccs1)Cc1cnc(S(C)(=O)=O)n1Cc1ccccc1F. The zero-order valence-electron chi connectivity index (χ0n) is 14.6. The van der Waals surface area contributed by atoms with E-state index in [4.69, 9.17) is 0 Å². The number of imidazole rings is 1. The van der Waals surface area contributed by atoms with Gasteiger partial charge in [0.05, 0.1) is 18.4 Å². The van der Waals surface area contributed by atoms with E-state index in [-0.39, 0.29) is 17.5 Å². The van der Waals surface area contributed by atoms with Gasteiger partial charge >= 0.3 is 0 Å². The van der Waals surface area contributed by atoms with E-state index >= 15 is 0 Å². The monoisotopic (exact) mass is 393 g/mol. The minimum absolute atomic E-state index is 0.0414. The molecule has 0 saturated carbocycles. The van der Waals surface area contributed by atoms with E-state index < -0.39 is 9.84 Å². The van der Waals surface area contributed by atoms with Crippen LogP contribution >= 0.6 is 11.3 Å². The summed E-state index contributed by atoms with van der Waals surface area (Å²) in [4.78, 5) is 7.39. The molecule has 1 aromatic carbocycles. The Bertz CT molecular complexity index is 982. The Hall–Kier alpha value is -2.03. The van der Waals surface area contributed by atoms with Crippen LogP contribution in [0.5, 0.6) is 0 Å². The van der Waals surface area contributed by atoms with Gasteiger partial charge in [-0.25, -0.2) is 17.8 Å². The van der Waals surface area contributed by atoms with Crippen LogP contribution in [0.4, 0.5) is 4.39 Å². The van der Waals surface area contributed by atoms with Crippen LogP contribution in [0.2, 0.25) is 0 Å². The molecule has 0 aliphatic heterocycles. The first-order valence-electron chi connectivity index (χ1n) is 8.03. The second kappa shape index (κ2) is 7.69. The Balaban J connectivity index is 1.90. The van der Waals surface area contributed by atoms with Crippen LogP contribution in [0.1, 0.15) is 16.1 Å². The highest BCUT2D eigenvalue weighted by Gasteiger charge is 2.20. The standard InChI is InChI=1S/C18H20FN3O2S2/c1-21(13-16-7-5-9-25-16)12-15-10-20-18(26(2,23)24)22(15)11-14-6-3-4-8-17(14)19/h3-10H,11-13H2,1-2H3. The van der Waals surface area contributed by atoms with Crippen LogP contribution in [0, 0.1) is 5.82 Å². The molecule has 8 heteroatoms. The maximum atomic E-state index is 14.1. The third-order valence-corrected chi connectivity index (χ3v) is 5.81. The van der Waals surface area contributed by atoms with Crippen molar-refractivity contribution >= 4 is 21.2 Å². The molecule has 0 saturated heterocycles. The number of aromatic nitrogens is 2. The zero-order chi connectivity index (χ0) is 18.7. The Morgan fingerprint density at radius 1 is 1.19 bits per heavy atom. The van der Waals surface area contributed by atoms with Crippen molar-refractivity contribution < 1.29 is 12.8 Å². The van der Waals surface area contributed by atoms with Gasteiger partial charge in [0.15, 0.2) is 0 Å². The van der Waals surface area contributed by atoms with Crippen LogP contribution in [-0.2, 0) is 29.5 Å². The van der Waals surface area contributed by atoms with Gasteiger partial charge < -0.3 is 4.57 Å². The normalized spacial score (nSPS) is 12.0. The van der Waals surface area contributed by atoms with Crippen LogP contribution in [0.3, 0.4) is 0 Å². The molecule has 0 N–H and O–H groups in total. The molecule has 0 atom stereocenters. The molecule has 0 radical (unpaired) electrons. The molecule has 138 valence electrons. The molecule has 0 aliphatic rings. The van der Waals surface area contributed by atoms with Crippen molar-refractivity contribution in [2.24, 2.45) is 0 Å². The molecule has 2 heterocycles. The first-order valence-corrected chi connectivity index (χ1v) is 10.8. The first-order chi connectivity index (χ1) is 12.3. The summed E-state index contributed by atoms with van der Waals surface area (Å²) < 4.78 is 39.8. The van der Waals surface area contributed by atoms with Gasteiger partial charge in [0.25, 0.3) is 0 Å². The molecule has 3 aromatic rings. The van der Waals surface area contributed by atoms with E-state index in [1.165, 1.54) is 10.9 Å². The first kappa shape index (κ1) is 18.8. The predicted octanol–water partition coefficient (Wildman–Crippen LogP) is 3.17. The Labute approximate surface area is 156 Å². The van der Waals surface area contributed by atoms with E-state index in [9.17, 15) is 12.8 Å². The van der Waals surface area contributed by atoms with Crippen molar-refractivity contribution in [2.45, 2.75) is 24.8 Å². The molecule has 0 spiro atoms. The molecular weight excluding hydrogens is 373 g/mol. The third-order valence-electron chi connectivity index (χ3n) is 3.96. The van der Waals surface area contributed by atoms with Crippen molar-refractivity contribution in [3.05, 3.63) is 69.9 Å². The predicted molar refractivity (Wildman–Crippen MR) is 100 cm³/mol. The molecule has 5 nitrogen and oxygen atoms in total. The van der Waals surface area contributed by atoms with Crippen LogP contribution in [-0.4, -0.2) is 36.2 Å². The van der Waals surface area contributed by atoms with Gasteiger partial charge in [-0.15, -0.1) is 11.3 Å². The summed E-state index contributed by atoms with van der Waals surface area (Å²) in [5.41, 5.74) is 1.16. The molecule has 3 rings (SSSR count). The van der Waals surface area contributed by atoms with Gasteiger partial charge in [-0.1, -0.05) is 24.3 Å². The Morgan fingerprint density at radius 2 is 1.96 bits per heavy atom.